The van der Waals surface area contributed by atoms with E-state index in [0.717, 1.165) is 0 Å². The maximum Gasteiger partial charge on any atom is 0.271 e. The second kappa shape index (κ2) is 3.66. The molecule has 1 rings (SSSR count). The van der Waals surface area contributed by atoms with Crippen LogP contribution >= 0.6 is 0 Å². The summed E-state index contributed by atoms with van der Waals surface area (Å²) >= 11 is 0. The highest BCUT2D eigenvalue weighted by atomic mass is 16.6. The minimum Gasteiger partial charge on any atom is -0.398 e. The summed E-state index contributed by atoms with van der Waals surface area (Å²) in [5.41, 5.74) is 6.59. The van der Waals surface area contributed by atoms with Crippen molar-refractivity contribution in [1.29, 1.82) is 0 Å². The smallest absolute Gasteiger partial charge is 0.271 e. The number of anilines is 1. The average molecular weight is 179 g/mol. The molecule has 0 aliphatic carbocycles. The third-order valence-electron chi connectivity index (χ3n) is 1.55. The van der Waals surface area contributed by atoms with Crippen LogP contribution in [0.2, 0.25) is 0 Å². The second-order valence-corrected chi connectivity index (χ2v) is 2.46. The number of benzene rings is 1. The van der Waals surface area contributed by atoms with Crippen LogP contribution in [0, 0.1) is 10.1 Å². The molecule has 0 fully saturated rings. The summed E-state index contributed by atoms with van der Waals surface area (Å²) in [6.45, 7) is 0. The van der Waals surface area contributed by atoms with Crippen molar-refractivity contribution in [3.05, 3.63) is 33.9 Å². The Kier molecular flexibility index (Phi) is 2.59. The molecule has 1 aromatic carbocycles. The van der Waals surface area contributed by atoms with E-state index >= 15 is 0 Å². The van der Waals surface area contributed by atoms with E-state index in [9.17, 15) is 10.1 Å². The molecule has 5 nitrogen and oxygen atoms in total. The zero-order chi connectivity index (χ0) is 9.84. The maximum atomic E-state index is 10.3. The highest BCUT2D eigenvalue weighted by molar-refractivity contribution is 5.87. The molecule has 0 aliphatic rings. The summed E-state index contributed by atoms with van der Waals surface area (Å²) in [4.78, 5) is 13.6. The molecule has 13 heavy (non-hydrogen) atoms. The second-order valence-electron chi connectivity index (χ2n) is 2.46. The van der Waals surface area contributed by atoms with Crippen LogP contribution in [-0.2, 0) is 0 Å². The Labute approximate surface area is 75.0 Å². The Morgan fingerprint density at radius 1 is 1.62 bits per heavy atom. The molecule has 0 aromatic heterocycles. The first-order chi connectivity index (χ1) is 6.15. The van der Waals surface area contributed by atoms with Gasteiger partial charge >= 0.3 is 0 Å². The van der Waals surface area contributed by atoms with E-state index < -0.39 is 4.92 Å². The number of nitrogens with two attached hydrogens (primary N) is 1. The van der Waals surface area contributed by atoms with Gasteiger partial charge < -0.3 is 5.73 Å². The van der Waals surface area contributed by atoms with Gasteiger partial charge in [0.05, 0.1) is 4.92 Å². The molecule has 2 N–H and O–H groups in total. The van der Waals surface area contributed by atoms with Crippen LogP contribution in [0.3, 0.4) is 0 Å². The highest BCUT2D eigenvalue weighted by Gasteiger charge is 2.06. The molecule has 0 unspecified atom stereocenters. The summed E-state index contributed by atoms with van der Waals surface area (Å²) in [6, 6.07) is 4.28. The van der Waals surface area contributed by atoms with E-state index in [1.165, 1.54) is 12.1 Å². The van der Waals surface area contributed by atoms with E-state index in [-0.39, 0.29) is 5.69 Å². The van der Waals surface area contributed by atoms with Crippen molar-refractivity contribution in [2.45, 2.75) is 0 Å². The summed E-state index contributed by atoms with van der Waals surface area (Å²) in [5, 5.41) is 10.3. The first-order valence-electron chi connectivity index (χ1n) is 3.61. The Hall–Kier alpha value is -1.91. The van der Waals surface area contributed by atoms with E-state index in [1.807, 2.05) is 0 Å². The molecule has 68 valence electrons. The number of hydrogen-bond donors (Lipinski definition) is 1. The molecule has 5 heteroatoms. The van der Waals surface area contributed by atoms with Gasteiger partial charge in [0.25, 0.3) is 5.69 Å². The third-order valence-corrected chi connectivity index (χ3v) is 1.55. The molecule has 0 bridgehead atoms. The van der Waals surface area contributed by atoms with Gasteiger partial charge in [0.15, 0.2) is 0 Å². The van der Waals surface area contributed by atoms with Gasteiger partial charge in [-0.15, -0.1) is 0 Å². The molecule has 0 aliphatic heterocycles. The minimum atomic E-state index is -0.483. The molecule has 1 aromatic rings. The number of nitrogen functional groups attached to an aromatic ring is 1. The molecular formula is C8H9N3O2. The standard InChI is InChI=1S/C8H9N3O2/c1-10-5-6-2-3-7(11(12)13)4-8(6)9/h2-5H,9H2,1H3. The van der Waals surface area contributed by atoms with Crippen LogP contribution in [0.15, 0.2) is 23.2 Å². The van der Waals surface area contributed by atoms with Gasteiger partial charge in [-0.1, -0.05) is 0 Å². The predicted molar refractivity (Wildman–Crippen MR) is 51.0 cm³/mol. The van der Waals surface area contributed by atoms with Gasteiger partial charge in [0, 0.05) is 36.6 Å². The zero-order valence-corrected chi connectivity index (χ0v) is 7.10. The van der Waals surface area contributed by atoms with Gasteiger partial charge in [-0.3, -0.25) is 15.1 Å². The molecule has 0 heterocycles. The van der Waals surface area contributed by atoms with Gasteiger partial charge in [0.1, 0.15) is 0 Å². The highest BCUT2D eigenvalue weighted by Crippen LogP contribution is 2.18. The Bertz CT molecular complexity index is 360. The lowest BCUT2D eigenvalue weighted by molar-refractivity contribution is -0.384. The van der Waals surface area contributed by atoms with Crippen LogP contribution < -0.4 is 5.73 Å². The topological polar surface area (TPSA) is 81.5 Å². The van der Waals surface area contributed by atoms with E-state index in [0.29, 0.717) is 11.3 Å². The zero-order valence-electron chi connectivity index (χ0n) is 7.10. The van der Waals surface area contributed by atoms with Gasteiger partial charge in [-0.25, -0.2) is 0 Å². The van der Waals surface area contributed by atoms with E-state index in [4.69, 9.17) is 5.73 Å². The first kappa shape index (κ1) is 9.18. The Morgan fingerprint density at radius 2 is 2.31 bits per heavy atom. The summed E-state index contributed by atoms with van der Waals surface area (Å²) in [7, 11) is 1.61. The van der Waals surface area contributed by atoms with Gasteiger partial charge in [0.2, 0.25) is 0 Å². The monoisotopic (exact) mass is 179 g/mol. The van der Waals surface area contributed by atoms with Gasteiger partial charge in [-0.2, -0.15) is 0 Å². The number of nitro groups is 1. The summed E-state index contributed by atoms with van der Waals surface area (Å²) < 4.78 is 0. The third kappa shape index (κ3) is 2.02. The van der Waals surface area contributed by atoms with Crippen molar-refractivity contribution in [2.75, 3.05) is 12.8 Å². The van der Waals surface area contributed by atoms with Crippen molar-refractivity contribution in [3.63, 3.8) is 0 Å². The van der Waals surface area contributed by atoms with Gasteiger partial charge in [-0.05, 0) is 6.07 Å². The fourth-order valence-corrected chi connectivity index (χ4v) is 0.932. The lowest BCUT2D eigenvalue weighted by atomic mass is 10.2. The average Bonchev–Trinajstić information content (AvgIpc) is 2.08. The maximum absolute atomic E-state index is 10.3. The summed E-state index contributed by atoms with van der Waals surface area (Å²) in [5.74, 6) is 0. The van der Waals surface area contributed by atoms with Crippen molar-refractivity contribution >= 4 is 17.6 Å². The molecule has 0 saturated heterocycles. The van der Waals surface area contributed by atoms with Crippen molar-refractivity contribution < 1.29 is 4.92 Å². The SMILES string of the molecule is CN=Cc1ccc([N+](=O)[O-])cc1N. The van der Waals surface area contributed by atoms with E-state index in [2.05, 4.69) is 4.99 Å². The fourth-order valence-electron chi connectivity index (χ4n) is 0.932. The number of non-ortho nitro benzene ring substituents is 1. The largest absolute Gasteiger partial charge is 0.398 e. The fraction of sp³-hybridized carbons (Fsp3) is 0.125. The van der Waals surface area contributed by atoms with Crippen LogP contribution in [0.4, 0.5) is 11.4 Å². The first-order valence-corrected chi connectivity index (χ1v) is 3.61. The minimum absolute atomic E-state index is 0.00856. The van der Waals surface area contributed by atoms with Crippen molar-refractivity contribution in [1.82, 2.24) is 0 Å². The van der Waals surface area contributed by atoms with Crippen molar-refractivity contribution in [2.24, 2.45) is 4.99 Å². The summed E-state index contributed by atoms with van der Waals surface area (Å²) in [6.07, 6.45) is 1.55. The number of rotatable bonds is 2. The van der Waals surface area contributed by atoms with Crippen LogP contribution in [0.1, 0.15) is 5.56 Å². The molecule has 0 spiro atoms. The normalized spacial score (nSPS) is 10.5. The molecule has 0 atom stereocenters. The quantitative estimate of drug-likeness (QED) is 0.321. The lowest BCUT2D eigenvalue weighted by Gasteiger charge is -1.98. The molecule has 0 amide bonds. The van der Waals surface area contributed by atoms with Crippen molar-refractivity contribution in [3.8, 4) is 0 Å². The number of aliphatic imine (C=N–C) groups is 1. The Balaban J connectivity index is 3.12. The van der Waals surface area contributed by atoms with Crippen LogP contribution in [-0.4, -0.2) is 18.2 Å². The number of nitrogens with zero attached hydrogens (tertiary/aromatic N) is 2. The lowest BCUT2D eigenvalue weighted by Crippen LogP contribution is -1.95. The van der Waals surface area contributed by atoms with Crippen LogP contribution in [0.5, 0.6) is 0 Å². The number of nitro benzene ring substituents is 1. The van der Waals surface area contributed by atoms with E-state index in [1.54, 1.807) is 19.3 Å². The van der Waals surface area contributed by atoms with Crippen LogP contribution in [0.25, 0.3) is 0 Å². The molecular weight excluding hydrogens is 170 g/mol. The molecule has 0 saturated carbocycles. The predicted octanol–water partition coefficient (Wildman–Crippen LogP) is 1.23. The molecule has 0 radical (unpaired) electrons. The Morgan fingerprint density at radius 3 is 2.77 bits per heavy atom. The number of hydrogen-bond acceptors (Lipinski definition) is 4.